The van der Waals surface area contributed by atoms with Crippen molar-refractivity contribution in [2.75, 3.05) is 26.1 Å². The van der Waals surface area contributed by atoms with Gasteiger partial charge in [-0.25, -0.2) is 14.5 Å². The summed E-state index contributed by atoms with van der Waals surface area (Å²) in [5.74, 6) is -1.45. The summed E-state index contributed by atoms with van der Waals surface area (Å²) in [6.07, 6.45) is 1.40. The van der Waals surface area contributed by atoms with Crippen LogP contribution in [0.4, 0.5) is 10.5 Å². The Morgan fingerprint density at radius 1 is 1.02 bits per heavy atom. The van der Waals surface area contributed by atoms with Gasteiger partial charge in [-0.15, -0.1) is 0 Å². The molecule has 0 aliphatic carbocycles. The molecule has 11 nitrogen and oxygen atoms in total. The number of nitrogens with one attached hydrogen (secondary N) is 2. The normalized spacial score (nSPS) is 13.7. The first-order valence-electron chi connectivity index (χ1n) is 11.8. The van der Waals surface area contributed by atoms with Crippen LogP contribution in [0, 0.1) is 0 Å². The molecule has 12 heteroatoms. The molecule has 0 spiro atoms. The van der Waals surface area contributed by atoms with E-state index in [0.717, 1.165) is 4.90 Å². The predicted octanol–water partition coefficient (Wildman–Crippen LogP) is 4.17. The molecule has 1 fully saturated rings. The maximum Gasteiger partial charge on any atom is 0.335 e. The van der Waals surface area contributed by atoms with Crippen LogP contribution in [0.1, 0.15) is 21.5 Å². The average Bonchev–Trinajstić information content (AvgIpc) is 3.19. The van der Waals surface area contributed by atoms with Gasteiger partial charge in [-0.3, -0.25) is 9.59 Å². The smallest absolute Gasteiger partial charge is 0.335 e. The van der Waals surface area contributed by atoms with Crippen LogP contribution in [-0.4, -0.2) is 54.6 Å². The minimum atomic E-state index is -1.06. The Balaban J connectivity index is 1.47. The molecule has 1 aliphatic heterocycles. The first kappa shape index (κ1) is 28.0. The van der Waals surface area contributed by atoms with Gasteiger partial charge in [-0.05, 0) is 53.6 Å². The Labute approximate surface area is 233 Å². The summed E-state index contributed by atoms with van der Waals surface area (Å²) in [6.45, 7) is -0.488. The minimum Gasteiger partial charge on any atom is -0.495 e. The molecule has 4 rings (SSSR count). The summed E-state index contributed by atoms with van der Waals surface area (Å²) in [5.41, 5.74) is 1.49. The number of hydrogen-bond acceptors (Lipinski definition) is 7. The number of carbonyl (C=O) groups excluding carboxylic acids is 3. The molecule has 0 aromatic heterocycles. The van der Waals surface area contributed by atoms with Crippen LogP contribution in [0.5, 0.6) is 17.2 Å². The molecular formula is C28H24ClN3O8. The lowest BCUT2D eigenvalue weighted by Crippen LogP contribution is -2.38. The van der Waals surface area contributed by atoms with E-state index in [1.807, 2.05) is 0 Å². The van der Waals surface area contributed by atoms with Crippen LogP contribution < -0.4 is 24.8 Å². The zero-order valence-corrected chi connectivity index (χ0v) is 22.2. The number of rotatable bonds is 10. The molecular weight excluding hydrogens is 542 g/mol. The van der Waals surface area contributed by atoms with E-state index in [1.165, 1.54) is 38.5 Å². The Hall–Kier alpha value is -5.03. The molecule has 1 aliphatic rings. The van der Waals surface area contributed by atoms with Crippen molar-refractivity contribution in [3.05, 3.63) is 88.1 Å². The van der Waals surface area contributed by atoms with E-state index >= 15 is 0 Å². The molecule has 0 saturated carbocycles. The number of nitrogens with zero attached hydrogens (tertiary/aromatic N) is 1. The first-order valence-corrected chi connectivity index (χ1v) is 12.2. The van der Waals surface area contributed by atoms with Gasteiger partial charge in [0.15, 0.2) is 11.5 Å². The first-order chi connectivity index (χ1) is 19.2. The van der Waals surface area contributed by atoms with Crippen molar-refractivity contribution in [1.82, 2.24) is 10.2 Å². The topological polar surface area (TPSA) is 144 Å². The summed E-state index contributed by atoms with van der Waals surface area (Å²) in [4.78, 5) is 49.9. The fourth-order valence-corrected chi connectivity index (χ4v) is 4.15. The zero-order valence-electron chi connectivity index (χ0n) is 21.4. The highest BCUT2D eigenvalue weighted by atomic mass is 35.5. The maximum absolute atomic E-state index is 12.9. The number of halogens is 1. The van der Waals surface area contributed by atoms with E-state index < -0.39 is 30.4 Å². The Bertz CT molecular complexity index is 1520. The van der Waals surface area contributed by atoms with Gasteiger partial charge < -0.3 is 30.0 Å². The highest BCUT2D eigenvalue weighted by molar-refractivity contribution is 6.32. The molecule has 4 amide bonds. The Morgan fingerprint density at radius 3 is 2.50 bits per heavy atom. The second kappa shape index (κ2) is 12.2. The van der Waals surface area contributed by atoms with Gasteiger partial charge in [-0.1, -0.05) is 35.9 Å². The van der Waals surface area contributed by atoms with Crippen LogP contribution in [-0.2, 0) is 16.2 Å². The number of ether oxygens (including phenoxy) is 3. The second-order valence-corrected chi connectivity index (χ2v) is 8.86. The van der Waals surface area contributed by atoms with Gasteiger partial charge in [0.05, 0.1) is 30.5 Å². The molecule has 0 atom stereocenters. The molecule has 206 valence electrons. The molecule has 1 heterocycles. The minimum absolute atomic E-state index is 0.0259. The lowest BCUT2D eigenvalue weighted by Gasteiger charge is -2.14. The van der Waals surface area contributed by atoms with Gasteiger partial charge >= 0.3 is 12.0 Å². The van der Waals surface area contributed by atoms with E-state index in [2.05, 4.69) is 10.6 Å². The number of methoxy groups -OCH3 is 2. The van der Waals surface area contributed by atoms with Crippen LogP contribution in [0.15, 0.2) is 66.4 Å². The van der Waals surface area contributed by atoms with Crippen molar-refractivity contribution in [2.45, 2.75) is 6.61 Å². The van der Waals surface area contributed by atoms with E-state index in [4.69, 9.17) is 25.8 Å². The summed E-state index contributed by atoms with van der Waals surface area (Å²) < 4.78 is 16.4. The average molecular weight is 566 g/mol. The molecule has 3 N–H and O–H groups in total. The number of aromatic carboxylic acids is 1. The third-order valence-corrected chi connectivity index (χ3v) is 6.05. The quantitative estimate of drug-likeness (QED) is 0.245. The van der Waals surface area contributed by atoms with Crippen LogP contribution in [0.2, 0.25) is 5.02 Å². The maximum atomic E-state index is 12.9. The van der Waals surface area contributed by atoms with Gasteiger partial charge in [0, 0.05) is 0 Å². The number of urea groups is 1. The summed E-state index contributed by atoms with van der Waals surface area (Å²) in [7, 11) is 2.87. The van der Waals surface area contributed by atoms with Crippen molar-refractivity contribution in [3.63, 3.8) is 0 Å². The molecule has 0 unspecified atom stereocenters. The third kappa shape index (κ3) is 6.33. The third-order valence-electron chi connectivity index (χ3n) is 5.76. The fraction of sp³-hybridized carbons (Fsp3) is 0.143. The molecule has 1 saturated heterocycles. The standard InChI is InChI=1S/C28H24ClN3O8/c1-38-22-9-4-3-8-20(22)30-24(33)14-32-26(34)21(31-28(32)37)12-17-11-19(29)25(23(13-17)39-2)40-15-16-6-5-7-18(10-16)27(35)36/h3-13H,14-15H2,1-2H3,(H,30,33)(H,31,37)(H,35,36)/b21-12+. The van der Waals surface area contributed by atoms with E-state index in [1.54, 1.807) is 42.5 Å². The monoisotopic (exact) mass is 565 g/mol. The SMILES string of the molecule is COc1ccccc1NC(=O)CN1C(=O)N/C(=C/c2cc(Cl)c(OCc3cccc(C(=O)O)c3)c(OC)c2)C1=O. The molecule has 0 bridgehead atoms. The van der Waals surface area contributed by atoms with Crippen molar-refractivity contribution < 1.29 is 38.5 Å². The highest BCUT2D eigenvalue weighted by Gasteiger charge is 2.35. The lowest BCUT2D eigenvalue weighted by molar-refractivity contribution is -0.127. The summed E-state index contributed by atoms with van der Waals surface area (Å²) in [5, 5.41) is 14.4. The second-order valence-electron chi connectivity index (χ2n) is 8.46. The van der Waals surface area contributed by atoms with E-state index in [-0.39, 0.29) is 34.4 Å². The largest absolute Gasteiger partial charge is 0.495 e. The number of para-hydroxylation sites is 2. The molecule has 40 heavy (non-hydrogen) atoms. The number of anilines is 1. The fourth-order valence-electron chi connectivity index (χ4n) is 3.88. The number of carboxylic acid groups (broad SMARTS) is 1. The number of carboxylic acids is 1. The summed E-state index contributed by atoms with van der Waals surface area (Å²) in [6, 6.07) is 15.3. The number of hydrogen-bond donors (Lipinski definition) is 3. The van der Waals surface area contributed by atoms with Gasteiger partial charge in [0.1, 0.15) is 24.6 Å². The van der Waals surface area contributed by atoms with Crippen molar-refractivity contribution in [1.29, 1.82) is 0 Å². The number of carbonyl (C=O) groups is 4. The lowest BCUT2D eigenvalue weighted by atomic mass is 10.1. The number of amides is 4. The van der Waals surface area contributed by atoms with Gasteiger partial charge in [0.2, 0.25) is 5.91 Å². The molecule has 3 aromatic rings. The van der Waals surface area contributed by atoms with Gasteiger partial charge in [0.25, 0.3) is 5.91 Å². The van der Waals surface area contributed by atoms with Crippen molar-refractivity contribution in [2.24, 2.45) is 0 Å². The molecule has 3 aromatic carbocycles. The number of benzene rings is 3. The van der Waals surface area contributed by atoms with Gasteiger partial charge in [-0.2, -0.15) is 0 Å². The van der Waals surface area contributed by atoms with Crippen LogP contribution in [0.3, 0.4) is 0 Å². The van der Waals surface area contributed by atoms with E-state index in [0.29, 0.717) is 22.6 Å². The van der Waals surface area contributed by atoms with Crippen LogP contribution >= 0.6 is 11.6 Å². The highest BCUT2D eigenvalue weighted by Crippen LogP contribution is 2.37. The van der Waals surface area contributed by atoms with Crippen molar-refractivity contribution in [3.8, 4) is 17.2 Å². The van der Waals surface area contributed by atoms with Crippen molar-refractivity contribution >= 4 is 47.2 Å². The number of imide groups is 1. The summed E-state index contributed by atoms with van der Waals surface area (Å²) >= 11 is 6.44. The predicted molar refractivity (Wildman–Crippen MR) is 146 cm³/mol. The Morgan fingerprint density at radius 2 is 1.77 bits per heavy atom. The molecule has 0 radical (unpaired) electrons. The zero-order chi connectivity index (χ0) is 28.8. The Kier molecular flexibility index (Phi) is 8.55. The van der Waals surface area contributed by atoms with Crippen LogP contribution in [0.25, 0.3) is 6.08 Å². The van der Waals surface area contributed by atoms with E-state index in [9.17, 15) is 24.3 Å².